The minimum absolute atomic E-state index is 0.947. The van der Waals surface area contributed by atoms with Crippen LogP contribution in [-0.2, 0) is 6.54 Å². The molecule has 4 heteroatoms. The molecule has 0 aliphatic heterocycles. The Morgan fingerprint density at radius 1 is 0.923 bits per heavy atom. The minimum Gasteiger partial charge on any atom is -0.308 e. The number of likely N-dealkylation sites (N-methyl/N-ethyl adjacent to an activating group) is 1. The topological polar surface area (TPSA) is 25.5 Å². The maximum atomic E-state index is 4.99. The standard InChI is InChI=1S/C22H26N4/c1-4-24(5-2)14-15-25-20-8-6-7-9-21(20)26-16-19(23-22(25)26)18-12-10-17(3)11-13-18/h6-13,16H,4-5,14-15H2,1-3H3. The number of hydrogen-bond acceptors (Lipinski definition) is 2. The van der Waals surface area contributed by atoms with E-state index in [1.807, 2.05) is 0 Å². The highest BCUT2D eigenvalue weighted by Crippen LogP contribution is 2.25. The lowest BCUT2D eigenvalue weighted by molar-refractivity contribution is 0.293. The molecule has 4 nitrogen and oxygen atoms in total. The Bertz CT molecular complexity index is 1020. The molecule has 4 rings (SSSR count). The van der Waals surface area contributed by atoms with Crippen molar-refractivity contribution in [2.24, 2.45) is 0 Å². The lowest BCUT2D eigenvalue weighted by Crippen LogP contribution is -2.27. The largest absolute Gasteiger partial charge is 0.308 e. The van der Waals surface area contributed by atoms with Gasteiger partial charge in [-0.1, -0.05) is 55.8 Å². The van der Waals surface area contributed by atoms with Crippen molar-refractivity contribution in [3.05, 3.63) is 60.3 Å². The molecule has 0 saturated heterocycles. The van der Waals surface area contributed by atoms with Gasteiger partial charge in [0.1, 0.15) is 0 Å². The predicted octanol–water partition coefficient (Wildman–Crippen LogP) is 4.61. The summed E-state index contributed by atoms with van der Waals surface area (Å²) in [6.07, 6.45) is 2.16. The number of hydrogen-bond donors (Lipinski definition) is 0. The highest BCUT2D eigenvalue weighted by Gasteiger charge is 2.15. The molecular formula is C22H26N4. The van der Waals surface area contributed by atoms with Gasteiger partial charge in [0.2, 0.25) is 5.78 Å². The monoisotopic (exact) mass is 346 g/mol. The van der Waals surface area contributed by atoms with Crippen molar-refractivity contribution < 1.29 is 0 Å². The maximum Gasteiger partial charge on any atom is 0.215 e. The molecule has 0 aliphatic carbocycles. The molecule has 0 amide bonds. The number of imidazole rings is 2. The molecule has 0 spiro atoms. The number of nitrogens with zero attached hydrogens (tertiary/aromatic N) is 4. The van der Waals surface area contributed by atoms with Crippen molar-refractivity contribution >= 4 is 16.8 Å². The fraction of sp³-hybridized carbons (Fsp3) is 0.318. The van der Waals surface area contributed by atoms with Gasteiger partial charge in [-0.3, -0.25) is 4.40 Å². The first-order valence-electron chi connectivity index (χ1n) is 9.47. The molecule has 2 aromatic heterocycles. The first-order chi connectivity index (χ1) is 12.7. The van der Waals surface area contributed by atoms with Crippen LogP contribution in [0.25, 0.3) is 28.1 Å². The van der Waals surface area contributed by atoms with Gasteiger partial charge < -0.3 is 9.47 Å². The summed E-state index contributed by atoms with van der Waals surface area (Å²) in [6, 6.07) is 17.2. The molecular weight excluding hydrogens is 320 g/mol. The van der Waals surface area contributed by atoms with Crippen LogP contribution in [-0.4, -0.2) is 38.5 Å². The normalized spacial score (nSPS) is 11.8. The third kappa shape index (κ3) is 2.90. The average molecular weight is 346 g/mol. The van der Waals surface area contributed by atoms with Crippen LogP contribution in [0.3, 0.4) is 0 Å². The van der Waals surface area contributed by atoms with Gasteiger partial charge in [0.05, 0.1) is 16.7 Å². The molecule has 2 heterocycles. The van der Waals surface area contributed by atoms with Gasteiger partial charge in [0.15, 0.2) is 0 Å². The summed E-state index contributed by atoms with van der Waals surface area (Å²) < 4.78 is 4.58. The van der Waals surface area contributed by atoms with E-state index in [0.29, 0.717) is 0 Å². The van der Waals surface area contributed by atoms with Crippen molar-refractivity contribution in [3.8, 4) is 11.3 Å². The van der Waals surface area contributed by atoms with Crippen molar-refractivity contribution in [1.29, 1.82) is 0 Å². The lowest BCUT2D eigenvalue weighted by atomic mass is 10.1. The number of fused-ring (bicyclic) bond motifs is 3. The SMILES string of the molecule is CCN(CC)CCn1c2ccccc2n2cc(-c3ccc(C)cc3)nc12. The smallest absolute Gasteiger partial charge is 0.215 e. The van der Waals surface area contributed by atoms with Crippen LogP contribution in [0.15, 0.2) is 54.7 Å². The minimum atomic E-state index is 0.947. The number of aromatic nitrogens is 3. The molecule has 0 fully saturated rings. The number of aryl methyl sites for hydroxylation is 1. The molecule has 0 saturated carbocycles. The number of rotatable bonds is 6. The zero-order valence-corrected chi connectivity index (χ0v) is 15.8. The van der Waals surface area contributed by atoms with Gasteiger partial charge in [-0.05, 0) is 32.1 Å². The van der Waals surface area contributed by atoms with Crippen molar-refractivity contribution in [1.82, 2.24) is 18.9 Å². The lowest BCUT2D eigenvalue weighted by Gasteiger charge is -2.18. The Morgan fingerprint density at radius 2 is 1.62 bits per heavy atom. The highest BCUT2D eigenvalue weighted by atomic mass is 15.2. The Labute approximate surface area is 154 Å². The van der Waals surface area contributed by atoms with Crippen LogP contribution >= 0.6 is 0 Å². The van der Waals surface area contributed by atoms with Crippen LogP contribution in [0.2, 0.25) is 0 Å². The zero-order valence-electron chi connectivity index (χ0n) is 15.8. The quantitative estimate of drug-likeness (QED) is 0.509. The maximum absolute atomic E-state index is 4.99. The molecule has 0 unspecified atom stereocenters. The summed E-state index contributed by atoms with van der Waals surface area (Å²) in [4.78, 5) is 7.44. The molecule has 4 aromatic rings. The molecule has 0 bridgehead atoms. The van der Waals surface area contributed by atoms with Crippen molar-refractivity contribution in [3.63, 3.8) is 0 Å². The number of para-hydroxylation sites is 2. The fourth-order valence-corrected chi connectivity index (χ4v) is 3.61. The second-order valence-electron chi connectivity index (χ2n) is 6.83. The zero-order chi connectivity index (χ0) is 18.1. The van der Waals surface area contributed by atoms with E-state index in [9.17, 15) is 0 Å². The van der Waals surface area contributed by atoms with Gasteiger partial charge >= 0.3 is 0 Å². The summed E-state index contributed by atoms with van der Waals surface area (Å²) in [7, 11) is 0. The predicted molar refractivity (Wildman–Crippen MR) is 109 cm³/mol. The van der Waals surface area contributed by atoms with Gasteiger partial charge in [-0.15, -0.1) is 0 Å². The first-order valence-corrected chi connectivity index (χ1v) is 9.47. The van der Waals surface area contributed by atoms with Gasteiger partial charge in [-0.2, -0.15) is 0 Å². The summed E-state index contributed by atoms with van der Waals surface area (Å²) in [5.74, 6) is 1.02. The molecule has 0 aliphatic rings. The molecule has 134 valence electrons. The van der Waals surface area contributed by atoms with Crippen molar-refractivity contribution in [2.45, 2.75) is 27.3 Å². The second kappa shape index (κ2) is 6.96. The van der Waals surface area contributed by atoms with Gasteiger partial charge in [0.25, 0.3) is 0 Å². The molecule has 26 heavy (non-hydrogen) atoms. The summed E-state index contributed by atoms with van der Waals surface area (Å²) in [5, 5.41) is 0. The van der Waals surface area contributed by atoms with E-state index in [2.05, 4.69) is 89.4 Å². The summed E-state index contributed by atoms with van der Waals surface area (Å²) in [5.41, 5.74) is 5.93. The van der Waals surface area contributed by atoms with Crippen molar-refractivity contribution in [2.75, 3.05) is 19.6 Å². The Morgan fingerprint density at radius 3 is 2.31 bits per heavy atom. The third-order valence-corrected chi connectivity index (χ3v) is 5.24. The van der Waals surface area contributed by atoms with E-state index in [1.165, 1.54) is 22.2 Å². The summed E-state index contributed by atoms with van der Waals surface area (Å²) >= 11 is 0. The Balaban J connectivity index is 1.81. The molecule has 0 atom stereocenters. The Hall–Kier alpha value is -2.59. The van der Waals surface area contributed by atoms with Crippen LogP contribution in [0.1, 0.15) is 19.4 Å². The fourth-order valence-electron chi connectivity index (χ4n) is 3.61. The van der Waals surface area contributed by atoms with E-state index < -0.39 is 0 Å². The average Bonchev–Trinajstić information content (AvgIpc) is 3.22. The first kappa shape index (κ1) is 16.9. The van der Waals surface area contributed by atoms with Crippen LogP contribution in [0, 0.1) is 6.92 Å². The van der Waals surface area contributed by atoms with Gasteiger partial charge in [-0.25, -0.2) is 4.98 Å². The van der Waals surface area contributed by atoms with Gasteiger partial charge in [0, 0.05) is 24.8 Å². The molecule has 0 N–H and O–H groups in total. The second-order valence-corrected chi connectivity index (χ2v) is 6.83. The summed E-state index contributed by atoms with van der Waals surface area (Å²) in [6.45, 7) is 10.7. The van der Waals surface area contributed by atoms with E-state index in [4.69, 9.17) is 4.98 Å². The third-order valence-electron chi connectivity index (χ3n) is 5.24. The Kier molecular flexibility index (Phi) is 4.51. The number of benzene rings is 2. The van der Waals surface area contributed by atoms with Crippen LogP contribution in [0.5, 0.6) is 0 Å². The highest BCUT2D eigenvalue weighted by molar-refractivity contribution is 5.82. The van der Waals surface area contributed by atoms with E-state index in [-0.39, 0.29) is 0 Å². The van der Waals surface area contributed by atoms with Crippen LogP contribution < -0.4 is 0 Å². The van der Waals surface area contributed by atoms with E-state index in [0.717, 1.165) is 37.7 Å². The van der Waals surface area contributed by atoms with E-state index in [1.54, 1.807) is 0 Å². The van der Waals surface area contributed by atoms with Crippen LogP contribution in [0.4, 0.5) is 0 Å². The van der Waals surface area contributed by atoms with E-state index >= 15 is 0 Å². The molecule has 0 radical (unpaired) electrons. The molecule has 2 aromatic carbocycles.